The Kier molecular flexibility index (Phi) is 6.45. The summed E-state index contributed by atoms with van der Waals surface area (Å²) in [6, 6.07) is 7.85. The molecule has 0 heterocycles. The summed E-state index contributed by atoms with van der Waals surface area (Å²) in [4.78, 5) is 21.4. The number of aliphatic carboxylic acids is 1. The van der Waals surface area contributed by atoms with Crippen LogP contribution in [0.5, 0.6) is 0 Å². The number of rotatable bonds is 6. The second-order valence-electron chi connectivity index (χ2n) is 3.72. The molecule has 1 aromatic carbocycles. The van der Waals surface area contributed by atoms with Gasteiger partial charge in [0, 0.05) is 6.42 Å². The molecule has 0 aliphatic carbocycles. The first-order valence-corrected chi connectivity index (χ1v) is 6.34. The number of benzene rings is 1. The van der Waals surface area contributed by atoms with E-state index in [1.807, 2.05) is 18.2 Å². The van der Waals surface area contributed by atoms with Gasteiger partial charge in [0.1, 0.15) is 17.5 Å². The molecule has 0 fully saturated rings. The van der Waals surface area contributed by atoms with Crippen LogP contribution in [0.3, 0.4) is 0 Å². The van der Waals surface area contributed by atoms with Crippen LogP contribution in [0.4, 0.5) is 4.79 Å². The van der Waals surface area contributed by atoms with Gasteiger partial charge in [0.2, 0.25) is 0 Å². The lowest BCUT2D eigenvalue weighted by molar-refractivity contribution is -0.139. The molecule has 0 spiro atoms. The van der Waals surface area contributed by atoms with Crippen molar-refractivity contribution < 1.29 is 19.4 Å². The van der Waals surface area contributed by atoms with Crippen LogP contribution in [0, 0.1) is 0 Å². The summed E-state index contributed by atoms with van der Waals surface area (Å²) in [5.74, 6) is -1.22. The average Bonchev–Trinajstić information content (AvgIpc) is 2.36. The highest BCUT2D eigenvalue weighted by molar-refractivity contribution is 6.44. The van der Waals surface area contributed by atoms with Crippen LogP contribution in [0.2, 0.25) is 0 Å². The zero-order chi connectivity index (χ0) is 14.3. The highest BCUT2D eigenvalue weighted by Gasteiger charge is 2.23. The largest absolute Gasteiger partial charge is 0.480 e. The van der Waals surface area contributed by atoms with E-state index >= 15 is 0 Å². The van der Waals surface area contributed by atoms with Crippen molar-refractivity contribution in [3.05, 3.63) is 35.9 Å². The van der Waals surface area contributed by atoms with Gasteiger partial charge >= 0.3 is 12.1 Å². The first kappa shape index (κ1) is 15.6. The Balaban J connectivity index is 2.42. The van der Waals surface area contributed by atoms with Gasteiger partial charge in [-0.05, 0) is 5.56 Å². The minimum atomic E-state index is -1.22. The number of alkyl halides is 2. The number of amides is 1. The topological polar surface area (TPSA) is 75.6 Å². The molecule has 1 aromatic rings. The molecule has 1 atom stereocenters. The monoisotopic (exact) mass is 305 g/mol. The van der Waals surface area contributed by atoms with E-state index in [0.29, 0.717) is 0 Å². The number of alkyl carbamates (subject to hydrolysis) is 1. The van der Waals surface area contributed by atoms with Crippen LogP contribution in [-0.2, 0) is 16.1 Å². The lowest BCUT2D eigenvalue weighted by Gasteiger charge is -2.14. The number of carbonyl (C=O) groups excluding carboxylic acids is 1. The van der Waals surface area contributed by atoms with Crippen molar-refractivity contribution >= 4 is 35.3 Å². The molecule has 0 saturated heterocycles. The highest BCUT2D eigenvalue weighted by Crippen LogP contribution is 2.10. The smallest absolute Gasteiger partial charge is 0.408 e. The lowest BCUT2D eigenvalue weighted by atomic mass is 10.2. The molecule has 104 valence electrons. The first-order chi connectivity index (χ1) is 8.99. The molecule has 1 rings (SSSR count). The Morgan fingerprint density at radius 2 is 1.89 bits per heavy atom. The maximum Gasteiger partial charge on any atom is 0.408 e. The normalized spacial score (nSPS) is 11.9. The number of nitrogens with one attached hydrogen (secondary N) is 1. The molecule has 1 unspecified atom stereocenters. The van der Waals surface area contributed by atoms with Crippen molar-refractivity contribution in [2.45, 2.75) is 23.9 Å². The quantitative estimate of drug-likeness (QED) is 0.792. The Labute approximate surface area is 120 Å². The van der Waals surface area contributed by atoms with E-state index in [0.717, 1.165) is 5.56 Å². The van der Waals surface area contributed by atoms with E-state index in [2.05, 4.69) is 5.32 Å². The molecule has 19 heavy (non-hydrogen) atoms. The fraction of sp³-hybridized carbons (Fsp3) is 0.333. The van der Waals surface area contributed by atoms with Gasteiger partial charge in [0.05, 0.1) is 0 Å². The van der Waals surface area contributed by atoms with E-state index in [1.54, 1.807) is 12.1 Å². The predicted octanol–water partition coefficient (Wildman–Crippen LogP) is 2.56. The van der Waals surface area contributed by atoms with Crippen molar-refractivity contribution in [1.82, 2.24) is 5.32 Å². The molecule has 1 amide bonds. The van der Waals surface area contributed by atoms with E-state index in [4.69, 9.17) is 33.0 Å². The molecule has 2 N–H and O–H groups in total. The minimum absolute atomic E-state index is 0.0597. The number of hydrogen-bond donors (Lipinski definition) is 2. The zero-order valence-electron chi connectivity index (χ0n) is 9.88. The van der Waals surface area contributed by atoms with E-state index in [9.17, 15) is 9.59 Å². The third-order valence-corrected chi connectivity index (χ3v) is 2.57. The molecule has 0 saturated carbocycles. The summed E-state index contributed by atoms with van der Waals surface area (Å²) in [6.45, 7) is 0.0597. The van der Waals surface area contributed by atoms with Crippen molar-refractivity contribution in [1.29, 1.82) is 0 Å². The number of carboxylic acids is 1. The van der Waals surface area contributed by atoms with E-state index in [1.165, 1.54) is 0 Å². The Bertz CT molecular complexity index is 425. The maximum absolute atomic E-state index is 11.4. The van der Waals surface area contributed by atoms with Crippen molar-refractivity contribution in [3.8, 4) is 0 Å². The SMILES string of the molecule is O=C(NC(CC(Cl)Cl)C(=O)O)OCc1ccccc1. The number of halogens is 2. The summed E-state index contributed by atoms with van der Waals surface area (Å²) in [6.07, 6.45) is -0.927. The molecule has 0 bridgehead atoms. The third kappa shape index (κ3) is 6.31. The van der Waals surface area contributed by atoms with Crippen molar-refractivity contribution in [2.24, 2.45) is 0 Å². The third-order valence-electron chi connectivity index (χ3n) is 2.22. The Hall–Kier alpha value is -1.46. The second-order valence-corrected chi connectivity index (χ2v) is 5.00. The molecule has 0 radical (unpaired) electrons. The minimum Gasteiger partial charge on any atom is -0.480 e. The fourth-order valence-electron chi connectivity index (χ4n) is 1.31. The predicted molar refractivity (Wildman–Crippen MR) is 71.3 cm³/mol. The van der Waals surface area contributed by atoms with Gasteiger partial charge in [-0.1, -0.05) is 30.3 Å². The molecule has 0 aliphatic heterocycles. The molecule has 5 nitrogen and oxygen atoms in total. The van der Waals surface area contributed by atoms with Crippen molar-refractivity contribution in [2.75, 3.05) is 0 Å². The van der Waals surface area contributed by atoms with Crippen molar-refractivity contribution in [3.63, 3.8) is 0 Å². The Morgan fingerprint density at radius 1 is 1.26 bits per heavy atom. The fourth-order valence-corrected chi connectivity index (χ4v) is 1.66. The molecule has 7 heteroatoms. The summed E-state index contributed by atoms with van der Waals surface area (Å²) < 4.78 is 4.89. The van der Waals surface area contributed by atoms with E-state index in [-0.39, 0.29) is 13.0 Å². The molecular formula is C12H13Cl2NO4. The van der Waals surface area contributed by atoms with Crippen LogP contribution < -0.4 is 5.32 Å². The molecule has 0 aliphatic rings. The second kappa shape index (κ2) is 7.86. The first-order valence-electron chi connectivity index (χ1n) is 5.47. The van der Waals surface area contributed by atoms with Crippen LogP contribution in [-0.4, -0.2) is 28.0 Å². The summed E-state index contributed by atoms with van der Waals surface area (Å²) >= 11 is 11.0. The summed E-state index contributed by atoms with van der Waals surface area (Å²) in [5, 5.41) is 11.1. The van der Waals surface area contributed by atoms with Gasteiger partial charge in [-0.15, -0.1) is 23.2 Å². The van der Waals surface area contributed by atoms with Gasteiger partial charge in [-0.25, -0.2) is 9.59 Å². The Morgan fingerprint density at radius 3 is 2.42 bits per heavy atom. The lowest BCUT2D eigenvalue weighted by Crippen LogP contribution is -2.42. The molecular weight excluding hydrogens is 293 g/mol. The highest BCUT2D eigenvalue weighted by atomic mass is 35.5. The zero-order valence-corrected chi connectivity index (χ0v) is 11.4. The number of carboxylic acid groups (broad SMARTS) is 1. The van der Waals surface area contributed by atoms with Crippen LogP contribution in [0.1, 0.15) is 12.0 Å². The molecule has 0 aromatic heterocycles. The van der Waals surface area contributed by atoms with Gasteiger partial charge in [-0.3, -0.25) is 0 Å². The van der Waals surface area contributed by atoms with Crippen LogP contribution in [0.15, 0.2) is 30.3 Å². The summed E-state index contributed by atoms with van der Waals surface area (Å²) in [5.41, 5.74) is 0.803. The number of carbonyl (C=O) groups is 2. The van der Waals surface area contributed by atoms with Gasteiger partial charge < -0.3 is 15.2 Å². The van der Waals surface area contributed by atoms with Gasteiger partial charge in [0.25, 0.3) is 0 Å². The van der Waals surface area contributed by atoms with E-state index < -0.39 is 22.9 Å². The standard InChI is InChI=1S/C12H13Cl2NO4/c13-10(14)6-9(11(16)17)15-12(18)19-7-8-4-2-1-3-5-8/h1-5,9-10H,6-7H2,(H,15,18)(H,16,17). The summed E-state index contributed by atoms with van der Waals surface area (Å²) in [7, 11) is 0. The van der Waals surface area contributed by atoms with Gasteiger partial charge in [-0.2, -0.15) is 0 Å². The number of ether oxygens (including phenoxy) is 1. The van der Waals surface area contributed by atoms with Crippen LogP contribution in [0.25, 0.3) is 0 Å². The maximum atomic E-state index is 11.4. The number of hydrogen-bond acceptors (Lipinski definition) is 3. The average molecular weight is 306 g/mol. The van der Waals surface area contributed by atoms with Gasteiger partial charge in [0.15, 0.2) is 0 Å². The van der Waals surface area contributed by atoms with Crippen LogP contribution >= 0.6 is 23.2 Å².